The van der Waals surface area contributed by atoms with Crippen LogP contribution in [0.2, 0.25) is 0 Å². The molecule has 3 rings (SSSR count). The quantitative estimate of drug-likeness (QED) is 0.849. The van der Waals surface area contributed by atoms with Crippen molar-refractivity contribution < 1.29 is 9.53 Å². The van der Waals surface area contributed by atoms with E-state index in [0.717, 1.165) is 51.5 Å². The number of likely N-dealkylation sites (tertiary alicyclic amines) is 1. The standard InChI is InChI=1S/C15H26N2O2/c1-2-13(9-12-3-4-12)16-14(18)17-7-5-15(10-17)6-8-19-11-15/h12-13H,2-11H2,1H3,(H,16,18)/t13-,15+/m0/s1. The van der Waals surface area contributed by atoms with E-state index < -0.39 is 0 Å². The fourth-order valence-electron chi connectivity index (χ4n) is 3.43. The van der Waals surface area contributed by atoms with Crippen molar-refractivity contribution in [3.63, 3.8) is 0 Å². The maximum Gasteiger partial charge on any atom is 0.317 e. The molecule has 4 nitrogen and oxygen atoms in total. The monoisotopic (exact) mass is 266 g/mol. The lowest BCUT2D eigenvalue weighted by atomic mass is 9.87. The van der Waals surface area contributed by atoms with Crippen molar-refractivity contribution in [3.8, 4) is 0 Å². The summed E-state index contributed by atoms with van der Waals surface area (Å²) in [5, 5.41) is 3.23. The van der Waals surface area contributed by atoms with Crippen molar-refractivity contribution in [2.75, 3.05) is 26.3 Å². The summed E-state index contributed by atoms with van der Waals surface area (Å²) in [5.41, 5.74) is 0.273. The predicted octanol–water partition coefficient (Wildman–Crippen LogP) is 2.39. The molecule has 1 N–H and O–H groups in total. The first kappa shape index (κ1) is 13.2. The van der Waals surface area contributed by atoms with Gasteiger partial charge < -0.3 is 15.0 Å². The highest BCUT2D eigenvalue weighted by molar-refractivity contribution is 5.75. The van der Waals surface area contributed by atoms with Crippen molar-refractivity contribution in [1.29, 1.82) is 0 Å². The zero-order chi connectivity index (χ0) is 13.3. The lowest BCUT2D eigenvalue weighted by Crippen LogP contribution is -2.44. The molecule has 0 aromatic rings. The molecule has 1 saturated carbocycles. The topological polar surface area (TPSA) is 41.6 Å². The lowest BCUT2D eigenvalue weighted by Gasteiger charge is -2.25. The van der Waals surface area contributed by atoms with E-state index in [1.165, 1.54) is 19.3 Å². The smallest absolute Gasteiger partial charge is 0.317 e. The number of rotatable bonds is 4. The summed E-state index contributed by atoms with van der Waals surface area (Å²) in [7, 11) is 0. The second kappa shape index (κ2) is 5.31. The average molecular weight is 266 g/mol. The molecular formula is C15H26N2O2. The molecule has 1 spiro atoms. The highest BCUT2D eigenvalue weighted by Gasteiger charge is 2.43. The molecular weight excluding hydrogens is 240 g/mol. The van der Waals surface area contributed by atoms with E-state index >= 15 is 0 Å². The third-order valence-corrected chi connectivity index (χ3v) is 5.05. The van der Waals surface area contributed by atoms with Crippen molar-refractivity contribution in [3.05, 3.63) is 0 Å². The van der Waals surface area contributed by atoms with E-state index in [9.17, 15) is 4.79 Å². The van der Waals surface area contributed by atoms with Crippen LogP contribution in [-0.2, 0) is 4.74 Å². The Balaban J connectivity index is 1.49. The molecule has 3 aliphatic rings. The van der Waals surface area contributed by atoms with E-state index in [0.29, 0.717) is 6.04 Å². The maximum atomic E-state index is 12.3. The molecule has 1 aliphatic carbocycles. The molecule has 2 aliphatic heterocycles. The van der Waals surface area contributed by atoms with Gasteiger partial charge >= 0.3 is 6.03 Å². The molecule has 2 heterocycles. The summed E-state index contributed by atoms with van der Waals surface area (Å²) < 4.78 is 5.52. The average Bonchev–Trinajstić information content (AvgIpc) is 2.96. The minimum Gasteiger partial charge on any atom is -0.381 e. The van der Waals surface area contributed by atoms with Crippen LogP contribution in [0.1, 0.15) is 45.4 Å². The van der Waals surface area contributed by atoms with Gasteiger partial charge in [0.05, 0.1) is 6.61 Å². The molecule has 2 amide bonds. The van der Waals surface area contributed by atoms with Gasteiger partial charge in [-0.05, 0) is 31.6 Å². The Labute approximate surface area is 115 Å². The van der Waals surface area contributed by atoms with Gasteiger partial charge in [-0.15, -0.1) is 0 Å². The van der Waals surface area contributed by atoms with Gasteiger partial charge in [0.25, 0.3) is 0 Å². The number of ether oxygens (including phenoxy) is 1. The van der Waals surface area contributed by atoms with Gasteiger partial charge in [-0.25, -0.2) is 4.79 Å². The maximum absolute atomic E-state index is 12.3. The van der Waals surface area contributed by atoms with Gasteiger partial charge in [-0.3, -0.25) is 0 Å². The molecule has 0 aromatic heterocycles. The molecule has 3 fully saturated rings. The van der Waals surface area contributed by atoms with Crippen LogP contribution in [0, 0.1) is 11.3 Å². The number of amides is 2. The molecule has 108 valence electrons. The Morgan fingerprint density at radius 3 is 2.95 bits per heavy atom. The van der Waals surface area contributed by atoms with Gasteiger partial charge in [0.2, 0.25) is 0 Å². The molecule has 2 saturated heterocycles. The predicted molar refractivity (Wildman–Crippen MR) is 74.0 cm³/mol. The molecule has 2 atom stereocenters. The second-order valence-corrected chi connectivity index (χ2v) is 6.71. The van der Waals surface area contributed by atoms with Crippen LogP contribution in [0.25, 0.3) is 0 Å². The Kier molecular flexibility index (Phi) is 3.70. The molecule has 0 radical (unpaired) electrons. The lowest BCUT2D eigenvalue weighted by molar-refractivity contribution is 0.152. The van der Waals surface area contributed by atoms with Crippen LogP contribution < -0.4 is 5.32 Å². The highest BCUT2D eigenvalue weighted by atomic mass is 16.5. The summed E-state index contributed by atoms with van der Waals surface area (Å²) in [5.74, 6) is 0.874. The van der Waals surface area contributed by atoms with E-state index in [-0.39, 0.29) is 11.4 Å². The van der Waals surface area contributed by atoms with E-state index in [2.05, 4.69) is 12.2 Å². The van der Waals surface area contributed by atoms with Crippen molar-refractivity contribution in [2.24, 2.45) is 11.3 Å². The van der Waals surface area contributed by atoms with Crippen molar-refractivity contribution in [2.45, 2.75) is 51.5 Å². The van der Waals surface area contributed by atoms with Crippen LogP contribution in [0.5, 0.6) is 0 Å². The van der Waals surface area contributed by atoms with Crippen LogP contribution in [0.15, 0.2) is 0 Å². The largest absolute Gasteiger partial charge is 0.381 e. The molecule has 0 bridgehead atoms. The number of carbonyl (C=O) groups is 1. The van der Waals surface area contributed by atoms with Crippen LogP contribution in [0.3, 0.4) is 0 Å². The summed E-state index contributed by atoms with van der Waals surface area (Å²) in [4.78, 5) is 14.3. The minimum absolute atomic E-state index is 0.149. The van der Waals surface area contributed by atoms with Crippen molar-refractivity contribution in [1.82, 2.24) is 10.2 Å². The first-order valence-corrected chi connectivity index (χ1v) is 7.84. The Bertz CT molecular complexity index is 335. The number of carbonyl (C=O) groups excluding carboxylic acids is 1. The van der Waals surface area contributed by atoms with E-state index in [4.69, 9.17) is 4.74 Å². The van der Waals surface area contributed by atoms with E-state index in [1.807, 2.05) is 4.90 Å². The Hall–Kier alpha value is -0.770. The van der Waals surface area contributed by atoms with Crippen LogP contribution >= 0.6 is 0 Å². The molecule has 0 aromatic carbocycles. The molecule has 4 heteroatoms. The highest BCUT2D eigenvalue weighted by Crippen LogP contribution is 2.38. The van der Waals surface area contributed by atoms with Crippen LogP contribution in [-0.4, -0.2) is 43.3 Å². The molecule has 19 heavy (non-hydrogen) atoms. The normalized spacial score (nSPS) is 31.9. The number of nitrogens with one attached hydrogen (secondary N) is 1. The fraction of sp³-hybridized carbons (Fsp3) is 0.933. The van der Waals surface area contributed by atoms with E-state index in [1.54, 1.807) is 0 Å². The van der Waals surface area contributed by atoms with Gasteiger partial charge in [-0.2, -0.15) is 0 Å². The van der Waals surface area contributed by atoms with Gasteiger partial charge in [0.15, 0.2) is 0 Å². The second-order valence-electron chi connectivity index (χ2n) is 6.71. The molecule has 0 unspecified atom stereocenters. The summed E-state index contributed by atoms with van der Waals surface area (Å²) in [6.07, 6.45) is 7.16. The zero-order valence-corrected chi connectivity index (χ0v) is 12.0. The first-order chi connectivity index (χ1) is 9.21. The SMILES string of the molecule is CC[C@@H](CC1CC1)NC(=O)N1CC[C@@]2(CCOC2)C1. The number of nitrogens with zero attached hydrogens (tertiary/aromatic N) is 1. The van der Waals surface area contributed by atoms with Crippen LogP contribution in [0.4, 0.5) is 4.79 Å². The van der Waals surface area contributed by atoms with Gasteiger partial charge in [0, 0.05) is 31.2 Å². The van der Waals surface area contributed by atoms with Crippen molar-refractivity contribution >= 4 is 6.03 Å². The fourth-order valence-corrected chi connectivity index (χ4v) is 3.43. The third kappa shape index (κ3) is 3.04. The summed E-state index contributed by atoms with van der Waals surface area (Å²) in [6.45, 7) is 5.67. The Morgan fingerprint density at radius 2 is 2.32 bits per heavy atom. The number of hydrogen-bond donors (Lipinski definition) is 1. The minimum atomic E-state index is 0.149. The van der Waals surface area contributed by atoms with Gasteiger partial charge in [-0.1, -0.05) is 19.8 Å². The first-order valence-electron chi connectivity index (χ1n) is 7.84. The summed E-state index contributed by atoms with van der Waals surface area (Å²) in [6, 6.07) is 0.521. The van der Waals surface area contributed by atoms with Gasteiger partial charge in [0.1, 0.15) is 0 Å². The third-order valence-electron chi connectivity index (χ3n) is 5.05. The summed E-state index contributed by atoms with van der Waals surface area (Å²) >= 11 is 0. The Morgan fingerprint density at radius 1 is 1.47 bits per heavy atom. The number of hydrogen-bond acceptors (Lipinski definition) is 2. The number of urea groups is 1. The zero-order valence-electron chi connectivity index (χ0n) is 12.0.